The van der Waals surface area contributed by atoms with Crippen LogP contribution >= 0.6 is 11.6 Å². The van der Waals surface area contributed by atoms with Gasteiger partial charge >= 0.3 is 6.09 Å². The van der Waals surface area contributed by atoms with Crippen molar-refractivity contribution in [1.82, 2.24) is 9.80 Å². The molecule has 2 aliphatic rings. The summed E-state index contributed by atoms with van der Waals surface area (Å²) in [6.07, 6.45) is -1.42. The summed E-state index contributed by atoms with van der Waals surface area (Å²) in [7, 11) is 0. The first-order chi connectivity index (χ1) is 16.5. The van der Waals surface area contributed by atoms with E-state index >= 15 is 0 Å². The quantitative estimate of drug-likeness (QED) is 0.607. The molecule has 7 nitrogen and oxygen atoms in total. The van der Waals surface area contributed by atoms with Gasteiger partial charge in [-0.2, -0.15) is 0 Å². The van der Waals surface area contributed by atoms with Crippen molar-refractivity contribution in [2.75, 3.05) is 31.1 Å². The van der Waals surface area contributed by atoms with Gasteiger partial charge in [0, 0.05) is 37.2 Å². The van der Waals surface area contributed by atoms with Crippen LogP contribution in [0.1, 0.15) is 33.3 Å². The van der Waals surface area contributed by atoms with Gasteiger partial charge in [0.1, 0.15) is 17.2 Å². The van der Waals surface area contributed by atoms with E-state index in [1.807, 2.05) is 6.92 Å². The van der Waals surface area contributed by atoms with Crippen LogP contribution in [-0.4, -0.2) is 65.7 Å². The molecule has 9 heteroatoms. The zero-order valence-electron chi connectivity index (χ0n) is 20.5. The molecule has 2 heterocycles. The third-order valence-corrected chi connectivity index (χ3v) is 6.27. The van der Waals surface area contributed by atoms with Gasteiger partial charge in [-0.25, -0.2) is 9.18 Å². The molecule has 2 atom stereocenters. The number of rotatable bonds is 3. The second-order valence-corrected chi connectivity index (χ2v) is 10.5. The summed E-state index contributed by atoms with van der Waals surface area (Å²) < 4.78 is 24.8. The summed E-state index contributed by atoms with van der Waals surface area (Å²) in [4.78, 5) is 32.0. The average Bonchev–Trinajstić information content (AvgIpc) is 2.78. The van der Waals surface area contributed by atoms with Crippen LogP contribution in [0.2, 0.25) is 5.02 Å². The number of ether oxygens (including phenoxy) is 2. The molecule has 1 fully saturated rings. The second kappa shape index (κ2) is 10.0. The van der Waals surface area contributed by atoms with E-state index in [9.17, 15) is 14.0 Å². The third kappa shape index (κ3) is 6.05. The number of carbonyl (C=O) groups excluding carboxylic acids is 2. The standard InChI is InChI=1S/C26H31ClFN3O4/c1-17-14-29(15-18-5-8-20(28)9-6-18)11-12-30(17)24(32)23-16-31(25(33)35-26(2,3)4)21-13-19(27)7-10-22(21)34-23/h5-10,13,17,23H,11-12,14-16H2,1-4H3. The number of benzene rings is 2. The van der Waals surface area contributed by atoms with Gasteiger partial charge in [-0.15, -0.1) is 0 Å². The van der Waals surface area contributed by atoms with Gasteiger partial charge < -0.3 is 14.4 Å². The second-order valence-electron chi connectivity index (χ2n) is 10.1. The molecule has 0 saturated carbocycles. The minimum Gasteiger partial charge on any atom is -0.476 e. The van der Waals surface area contributed by atoms with E-state index in [4.69, 9.17) is 21.1 Å². The molecule has 0 radical (unpaired) electrons. The first kappa shape index (κ1) is 25.3. The van der Waals surface area contributed by atoms with Gasteiger partial charge in [0.2, 0.25) is 0 Å². The molecule has 2 unspecified atom stereocenters. The van der Waals surface area contributed by atoms with Crippen LogP contribution in [0.25, 0.3) is 0 Å². The molecule has 2 aliphatic heterocycles. The number of amides is 2. The van der Waals surface area contributed by atoms with Crippen LogP contribution in [0.5, 0.6) is 5.75 Å². The lowest BCUT2D eigenvalue weighted by molar-refractivity contribution is -0.143. The van der Waals surface area contributed by atoms with Crippen molar-refractivity contribution in [3.63, 3.8) is 0 Å². The molecule has 0 bridgehead atoms. The first-order valence-electron chi connectivity index (χ1n) is 11.7. The lowest BCUT2D eigenvalue weighted by Gasteiger charge is -2.43. The number of hydrogen-bond acceptors (Lipinski definition) is 5. The molecule has 4 rings (SSSR count). The van der Waals surface area contributed by atoms with Crippen molar-refractivity contribution in [3.8, 4) is 5.75 Å². The predicted molar refractivity (Wildman–Crippen MR) is 132 cm³/mol. The number of halogens is 2. The van der Waals surface area contributed by atoms with E-state index in [2.05, 4.69) is 4.90 Å². The van der Waals surface area contributed by atoms with Gasteiger partial charge in [0.25, 0.3) is 5.91 Å². The molecule has 0 aliphatic carbocycles. The fourth-order valence-corrected chi connectivity index (χ4v) is 4.58. The Bertz CT molecular complexity index is 1090. The lowest BCUT2D eigenvalue weighted by Crippen LogP contribution is -2.59. The minimum atomic E-state index is -0.859. The summed E-state index contributed by atoms with van der Waals surface area (Å²) in [5, 5.41) is 0.455. The highest BCUT2D eigenvalue weighted by Gasteiger charge is 2.40. The van der Waals surface area contributed by atoms with Gasteiger partial charge in [-0.1, -0.05) is 23.7 Å². The van der Waals surface area contributed by atoms with Crippen molar-refractivity contribution in [2.45, 2.75) is 52.0 Å². The Morgan fingerprint density at radius 3 is 2.49 bits per heavy atom. The number of nitrogens with zero attached hydrogens (tertiary/aromatic N) is 3. The summed E-state index contributed by atoms with van der Waals surface area (Å²) >= 11 is 6.17. The highest BCUT2D eigenvalue weighted by Crippen LogP contribution is 2.37. The molecule has 0 aromatic heterocycles. The maximum absolute atomic E-state index is 13.5. The Labute approximate surface area is 210 Å². The Morgan fingerprint density at radius 2 is 1.83 bits per heavy atom. The Balaban J connectivity index is 1.46. The SMILES string of the molecule is CC1CN(Cc2ccc(F)cc2)CCN1C(=O)C1CN(C(=O)OC(C)(C)C)c2cc(Cl)ccc2O1. The highest BCUT2D eigenvalue weighted by molar-refractivity contribution is 6.31. The van der Waals surface area contributed by atoms with E-state index in [0.29, 0.717) is 42.6 Å². The number of hydrogen-bond donors (Lipinski definition) is 0. The van der Waals surface area contributed by atoms with Crippen molar-refractivity contribution >= 4 is 29.3 Å². The van der Waals surface area contributed by atoms with Crippen molar-refractivity contribution < 1.29 is 23.5 Å². The van der Waals surface area contributed by atoms with Gasteiger partial charge in [-0.05, 0) is 63.6 Å². The monoisotopic (exact) mass is 503 g/mol. The molecule has 1 saturated heterocycles. The lowest BCUT2D eigenvalue weighted by atomic mass is 10.1. The molecule has 2 aromatic rings. The van der Waals surface area contributed by atoms with Crippen LogP contribution in [0.3, 0.4) is 0 Å². The zero-order valence-corrected chi connectivity index (χ0v) is 21.2. The minimum absolute atomic E-state index is 0.0314. The topological polar surface area (TPSA) is 62.3 Å². The van der Waals surface area contributed by atoms with Crippen molar-refractivity contribution in [2.24, 2.45) is 0 Å². The highest BCUT2D eigenvalue weighted by atomic mass is 35.5. The van der Waals surface area contributed by atoms with Crippen molar-refractivity contribution in [1.29, 1.82) is 0 Å². The van der Waals surface area contributed by atoms with E-state index in [0.717, 1.165) is 5.56 Å². The molecule has 0 spiro atoms. The van der Waals surface area contributed by atoms with E-state index in [-0.39, 0.29) is 24.3 Å². The van der Waals surface area contributed by atoms with Crippen LogP contribution in [-0.2, 0) is 16.1 Å². The van der Waals surface area contributed by atoms with Gasteiger partial charge in [-0.3, -0.25) is 14.6 Å². The van der Waals surface area contributed by atoms with Crippen molar-refractivity contribution in [3.05, 3.63) is 58.9 Å². The van der Waals surface area contributed by atoms with Gasteiger partial charge in [0.05, 0.1) is 12.2 Å². The number of piperazine rings is 1. The molecule has 2 amide bonds. The van der Waals surface area contributed by atoms with E-state index in [1.165, 1.54) is 17.0 Å². The smallest absolute Gasteiger partial charge is 0.415 e. The molecule has 0 N–H and O–H groups in total. The Kier molecular flexibility index (Phi) is 7.24. The molecule has 35 heavy (non-hydrogen) atoms. The number of carbonyl (C=O) groups is 2. The average molecular weight is 504 g/mol. The van der Waals surface area contributed by atoms with Crippen LogP contribution in [0.15, 0.2) is 42.5 Å². The molecular weight excluding hydrogens is 473 g/mol. The largest absolute Gasteiger partial charge is 0.476 e. The van der Waals surface area contributed by atoms with Crippen LogP contribution < -0.4 is 9.64 Å². The number of fused-ring (bicyclic) bond motifs is 1. The number of anilines is 1. The molecular formula is C26H31ClFN3O4. The van der Waals surface area contributed by atoms with Crippen LogP contribution in [0.4, 0.5) is 14.9 Å². The third-order valence-electron chi connectivity index (χ3n) is 6.03. The maximum atomic E-state index is 13.5. The zero-order chi connectivity index (χ0) is 25.3. The summed E-state index contributed by atoms with van der Waals surface area (Å²) in [5.74, 6) is -0.0187. The van der Waals surface area contributed by atoms with E-state index in [1.54, 1.807) is 56.0 Å². The Morgan fingerprint density at radius 1 is 1.11 bits per heavy atom. The fourth-order valence-electron chi connectivity index (χ4n) is 4.41. The Hall–Kier alpha value is -2.84. The summed E-state index contributed by atoms with van der Waals surface area (Å²) in [6.45, 7) is 9.98. The fraction of sp³-hybridized carbons (Fsp3) is 0.462. The predicted octanol–water partition coefficient (Wildman–Crippen LogP) is 4.71. The summed E-state index contributed by atoms with van der Waals surface area (Å²) in [5.41, 5.74) is 0.813. The molecule has 188 valence electrons. The normalized spacial score (nSPS) is 20.7. The van der Waals surface area contributed by atoms with Crippen LogP contribution in [0, 0.1) is 5.82 Å². The summed E-state index contributed by atoms with van der Waals surface area (Å²) in [6, 6.07) is 11.4. The first-order valence-corrected chi connectivity index (χ1v) is 12.1. The maximum Gasteiger partial charge on any atom is 0.415 e. The molecule has 2 aromatic carbocycles. The van der Waals surface area contributed by atoms with E-state index < -0.39 is 17.8 Å². The van der Waals surface area contributed by atoms with Gasteiger partial charge in [0.15, 0.2) is 6.10 Å².